The lowest BCUT2D eigenvalue weighted by Crippen LogP contribution is -2.38. The summed E-state index contributed by atoms with van der Waals surface area (Å²) in [7, 11) is 0. The van der Waals surface area contributed by atoms with E-state index < -0.39 is 0 Å². The molecule has 25 heavy (non-hydrogen) atoms. The standard InChI is InChI=1S/C19H26N4O2/c1-13-9-15(23-12-20-11-22-23)5-6-16(13)18(24)21-10-14-7-8-25-17(14)19(2,3)4/h5-6,9,11-12,14,17H,7-8,10H2,1-4H3,(H,21,24). The van der Waals surface area contributed by atoms with Crippen LogP contribution < -0.4 is 5.32 Å². The Morgan fingerprint density at radius 3 is 2.84 bits per heavy atom. The molecule has 2 unspecified atom stereocenters. The molecule has 0 spiro atoms. The summed E-state index contributed by atoms with van der Waals surface area (Å²) in [6.07, 6.45) is 4.31. The lowest BCUT2D eigenvalue weighted by Gasteiger charge is -2.31. The van der Waals surface area contributed by atoms with Gasteiger partial charge < -0.3 is 10.1 Å². The molecule has 1 aromatic carbocycles. The Hall–Kier alpha value is -2.21. The second-order valence-electron chi connectivity index (χ2n) is 7.76. The molecule has 1 fully saturated rings. The highest BCUT2D eigenvalue weighted by Gasteiger charge is 2.37. The average Bonchev–Trinajstić information content (AvgIpc) is 3.23. The summed E-state index contributed by atoms with van der Waals surface area (Å²) in [5.41, 5.74) is 2.58. The van der Waals surface area contributed by atoms with Crippen LogP contribution >= 0.6 is 0 Å². The van der Waals surface area contributed by atoms with E-state index in [9.17, 15) is 4.79 Å². The van der Waals surface area contributed by atoms with Crippen molar-refractivity contribution in [3.05, 3.63) is 42.0 Å². The molecule has 2 aromatic rings. The molecule has 1 aromatic heterocycles. The van der Waals surface area contributed by atoms with Gasteiger partial charge in [-0.3, -0.25) is 4.79 Å². The van der Waals surface area contributed by atoms with Crippen molar-refractivity contribution in [2.45, 2.75) is 40.2 Å². The van der Waals surface area contributed by atoms with Gasteiger partial charge in [-0.15, -0.1) is 0 Å². The number of aromatic nitrogens is 3. The molecule has 2 atom stereocenters. The predicted molar refractivity (Wildman–Crippen MR) is 95.7 cm³/mol. The summed E-state index contributed by atoms with van der Waals surface area (Å²) in [4.78, 5) is 16.5. The lowest BCUT2D eigenvalue weighted by atomic mass is 9.81. The number of hydrogen-bond donors (Lipinski definition) is 1. The number of aryl methyl sites for hydroxylation is 1. The Kier molecular flexibility index (Phi) is 4.90. The van der Waals surface area contributed by atoms with E-state index >= 15 is 0 Å². The number of nitrogens with one attached hydrogen (secondary N) is 1. The summed E-state index contributed by atoms with van der Waals surface area (Å²) >= 11 is 0. The maximum Gasteiger partial charge on any atom is 0.251 e. The molecular weight excluding hydrogens is 316 g/mol. The second kappa shape index (κ2) is 6.96. The molecule has 0 bridgehead atoms. The average molecular weight is 342 g/mol. The summed E-state index contributed by atoms with van der Waals surface area (Å²) < 4.78 is 7.56. The number of ether oxygens (including phenoxy) is 1. The summed E-state index contributed by atoms with van der Waals surface area (Å²) in [5.74, 6) is 0.320. The Bertz CT molecular complexity index is 734. The van der Waals surface area contributed by atoms with Crippen LogP contribution in [0.4, 0.5) is 0 Å². The van der Waals surface area contributed by atoms with E-state index in [1.54, 1.807) is 11.0 Å². The zero-order valence-corrected chi connectivity index (χ0v) is 15.3. The van der Waals surface area contributed by atoms with Crippen molar-refractivity contribution in [2.75, 3.05) is 13.2 Å². The smallest absolute Gasteiger partial charge is 0.251 e. The Morgan fingerprint density at radius 2 is 2.20 bits per heavy atom. The molecule has 2 heterocycles. The first-order valence-electron chi connectivity index (χ1n) is 8.71. The first-order chi connectivity index (χ1) is 11.9. The highest BCUT2D eigenvalue weighted by molar-refractivity contribution is 5.95. The predicted octanol–water partition coefficient (Wildman–Crippen LogP) is 2.76. The van der Waals surface area contributed by atoms with Gasteiger partial charge in [0.05, 0.1) is 11.8 Å². The highest BCUT2D eigenvalue weighted by Crippen LogP contribution is 2.34. The highest BCUT2D eigenvalue weighted by atomic mass is 16.5. The van der Waals surface area contributed by atoms with Gasteiger partial charge >= 0.3 is 0 Å². The van der Waals surface area contributed by atoms with E-state index in [2.05, 4.69) is 36.2 Å². The molecule has 6 heteroatoms. The Balaban J connectivity index is 1.65. The van der Waals surface area contributed by atoms with Crippen LogP contribution in [-0.2, 0) is 4.74 Å². The van der Waals surface area contributed by atoms with E-state index in [1.807, 2.05) is 25.1 Å². The lowest BCUT2D eigenvalue weighted by molar-refractivity contribution is 0.00737. The van der Waals surface area contributed by atoms with Gasteiger partial charge in [-0.25, -0.2) is 9.67 Å². The molecule has 3 rings (SSSR count). The third-order valence-electron chi connectivity index (χ3n) is 4.73. The monoisotopic (exact) mass is 342 g/mol. The molecule has 6 nitrogen and oxygen atoms in total. The van der Waals surface area contributed by atoms with Gasteiger partial charge in [0.15, 0.2) is 0 Å². The van der Waals surface area contributed by atoms with Crippen molar-refractivity contribution in [3.63, 3.8) is 0 Å². The number of nitrogens with zero attached hydrogens (tertiary/aromatic N) is 3. The molecule has 134 valence electrons. The van der Waals surface area contributed by atoms with Gasteiger partial charge in [-0.1, -0.05) is 20.8 Å². The summed E-state index contributed by atoms with van der Waals surface area (Å²) in [5, 5.41) is 7.20. The minimum absolute atomic E-state index is 0.0396. The minimum Gasteiger partial charge on any atom is -0.377 e. The molecule has 1 aliphatic rings. The van der Waals surface area contributed by atoms with E-state index in [-0.39, 0.29) is 17.4 Å². The van der Waals surface area contributed by atoms with Gasteiger partial charge in [-0.2, -0.15) is 5.10 Å². The summed E-state index contributed by atoms with van der Waals surface area (Å²) in [6.45, 7) is 9.91. The zero-order chi connectivity index (χ0) is 18.0. The maximum atomic E-state index is 12.6. The van der Waals surface area contributed by atoms with E-state index in [0.29, 0.717) is 18.0 Å². The molecule has 1 aliphatic heterocycles. The first-order valence-corrected chi connectivity index (χ1v) is 8.71. The number of rotatable bonds is 4. The van der Waals surface area contributed by atoms with Gasteiger partial charge in [-0.05, 0) is 42.5 Å². The van der Waals surface area contributed by atoms with Crippen LogP contribution in [0.2, 0.25) is 0 Å². The van der Waals surface area contributed by atoms with Crippen LogP contribution in [0.1, 0.15) is 43.1 Å². The molecule has 0 aliphatic carbocycles. The number of carbonyl (C=O) groups excluding carboxylic acids is 1. The van der Waals surface area contributed by atoms with Crippen LogP contribution in [0.25, 0.3) is 5.69 Å². The number of amides is 1. The molecule has 1 N–H and O–H groups in total. The van der Waals surface area contributed by atoms with Crippen molar-refractivity contribution in [2.24, 2.45) is 11.3 Å². The van der Waals surface area contributed by atoms with Gasteiger partial charge in [0.25, 0.3) is 5.91 Å². The van der Waals surface area contributed by atoms with E-state index in [1.165, 1.54) is 6.33 Å². The fraction of sp³-hybridized carbons (Fsp3) is 0.526. The fourth-order valence-electron chi connectivity index (χ4n) is 3.51. The molecule has 1 saturated heterocycles. The molecule has 1 amide bonds. The fourth-order valence-corrected chi connectivity index (χ4v) is 3.51. The van der Waals surface area contributed by atoms with E-state index in [4.69, 9.17) is 4.74 Å². The maximum absolute atomic E-state index is 12.6. The Morgan fingerprint density at radius 1 is 1.40 bits per heavy atom. The number of hydrogen-bond acceptors (Lipinski definition) is 4. The van der Waals surface area contributed by atoms with Gasteiger partial charge in [0.1, 0.15) is 12.7 Å². The third kappa shape index (κ3) is 3.90. The second-order valence-corrected chi connectivity index (χ2v) is 7.76. The largest absolute Gasteiger partial charge is 0.377 e. The molecular formula is C19H26N4O2. The number of carbonyl (C=O) groups is 1. The molecule has 0 radical (unpaired) electrons. The zero-order valence-electron chi connectivity index (χ0n) is 15.3. The minimum atomic E-state index is -0.0396. The van der Waals surface area contributed by atoms with Crippen molar-refractivity contribution in [1.82, 2.24) is 20.1 Å². The van der Waals surface area contributed by atoms with Crippen LogP contribution in [0.15, 0.2) is 30.9 Å². The number of benzene rings is 1. The van der Waals surface area contributed by atoms with Crippen molar-refractivity contribution >= 4 is 5.91 Å². The van der Waals surface area contributed by atoms with Crippen LogP contribution in [0.5, 0.6) is 0 Å². The van der Waals surface area contributed by atoms with Crippen LogP contribution in [0, 0.1) is 18.3 Å². The van der Waals surface area contributed by atoms with Crippen LogP contribution in [0.3, 0.4) is 0 Å². The topological polar surface area (TPSA) is 69.0 Å². The summed E-state index contributed by atoms with van der Waals surface area (Å²) in [6, 6.07) is 5.67. The van der Waals surface area contributed by atoms with Crippen molar-refractivity contribution < 1.29 is 9.53 Å². The third-order valence-corrected chi connectivity index (χ3v) is 4.73. The van der Waals surface area contributed by atoms with Gasteiger partial charge in [0.2, 0.25) is 0 Å². The van der Waals surface area contributed by atoms with Crippen LogP contribution in [-0.4, -0.2) is 39.9 Å². The molecule has 0 saturated carbocycles. The first kappa shape index (κ1) is 17.6. The normalized spacial score (nSPS) is 20.6. The SMILES string of the molecule is Cc1cc(-n2cncn2)ccc1C(=O)NCC1CCOC1C(C)(C)C. The van der Waals surface area contributed by atoms with Gasteiger partial charge in [0, 0.05) is 24.6 Å². The Labute approximate surface area is 148 Å². The van der Waals surface area contributed by atoms with Crippen molar-refractivity contribution in [3.8, 4) is 5.69 Å². The van der Waals surface area contributed by atoms with E-state index in [0.717, 1.165) is 24.3 Å². The quantitative estimate of drug-likeness (QED) is 0.927. The van der Waals surface area contributed by atoms with Crippen molar-refractivity contribution in [1.29, 1.82) is 0 Å².